The molecule has 0 bridgehead atoms. The highest BCUT2D eigenvalue weighted by molar-refractivity contribution is 5.78. The van der Waals surface area contributed by atoms with Gasteiger partial charge in [-0.3, -0.25) is 4.98 Å². The number of aromatic nitrogens is 1. The highest BCUT2D eigenvalue weighted by Gasteiger charge is 2.10. The smallest absolute Gasteiger partial charge is 0.119 e. The number of benzene rings is 1. The predicted octanol–water partition coefficient (Wildman–Crippen LogP) is 3.60. The van der Waals surface area contributed by atoms with Crippen molar-refractivity contribution in [3.05, 3.63) is 42.7 Å². The molecule has 0 amide bonds. The maximum Gasteiger partial charge on any atom is 0.119 e. The molecule has 0 N–H and O–H groups in total. The Kier molecular flexibility index (Phi) is 4.39. The number of anilines is 1. The zero-order chi connectivity index (χ0) is 13.7. The van der Waals surface area contributed by atoms with Crippen molar-refractivity contribution in [2.75, 3.05) is 25.1 Å². The fraction of sp³-hybridized carbons (Fsp3) is 0.312. The van der Waals surface area contributed by atoms with Gasteiger partial charge in [-0.2, -0.15) is 0 Å². The van der Waals surface area contributed by atoms with Crippen molar-refractivity contribution in [3.63, 3.8) is 0 Å². The molecule has 100 valence electrons. The largest absolute Gasteiger partial charge is 0.497 e. The molecule has 19 heavy (non-hydrogen) atoms. The van der Waals surface area contributed by atoms with Gasteiger partial charge in [-0.15, -0.1) is 0 Å². The SMILES string of the molecule is CCN(CC)c1ccncc1-c1cccc(OC)c1. The van der Waals surface area contributed by atoms with Gasteiger partial charge < -0.3 is 9.64 Å². The van der Waals surface area contributed by atoms with E-state index in [0.29, 0.717) is 0 Å². The summed E-state index contributed by atoms with van der Waals surface area (Å²) in [4.78, 5) is 6.59. The predicted molar refractivity (Wildman–Crippen MR) is 79.8 cm³/mol. The van der Waals surface area contributed by atoms with Crippen molar-refractivity contribution in [2.24, 2.45) is 0 Å². The summed E-state index contributed by atoms with van der Waals surface area (Å²) in [6, 6.07) is 10.2. The standard InChI is InChI=1S/C16H20N2O/c1-4-18(5-2)16-9-10-17-12-15(16)13-7-6-8-14(11-13)19-3/h6-12H,4-5H2,1-3H3. The molecule has 1 heterocycles. The first-order chi connectivity index (χ1) is 9.30. The zero-order valence-corrected chi connectivity index (χ0v) is 11.8. The minimum atomic E-state index is 0.867. The topological polar surface area (TPSA) is 25.4 Å². The van der Waals surface area contributed by atoms with Gasteiger partial charge in [-0.25, -0.2) is 0 Å². The molecule has 0 fully saturated rings. The average Bonchev–Trinajstić information content (AvgIpc) is 2.49. The molecule has 3 heteroatoms. The molecular weight excluding hydrogens is 236 g/mol. The molecule has 0 unspecified atom stereocenters. The van der Waals surface area contributed by atoms with Gasteiger partial charge >= 0.3 is 0 Å². The lowest BCUT2D eigenvalue weighted by molar-refractivity contribution is 0.415. The Morgan fingerprint density at radius 3 is 2.63 bits per heavy atom. The second kappa shape index (κ2) is 6.23. The summed E-state index contributed by atoms with van der Waals surface area (Å²) in [5, 5.41) is 0. The highest BCUT2D eigenvalue weighted by atomic mass is 16.5. The van der Waals surface area contributed by atoms with E-state index in [4.69, 9.17) is 4.74 Å². The maximum atomic E-state index is 5.30. The molecule has 1 aromatic heterocycles. The number of hydrogen-bond acceptors (Lipinski definition) is 3. The van der Waals surface area contributed by atoms with Gasteiger partial charge in [-0.1, -0.05) is 12.1 Å². The first-order valence-corrected chi connectivity index (χ1v) is 6.63. The van der Waals surface area contributed by atoms with Crippen LogP contribution in [0, 0.1) is 0 Å². The van der Waals surface area contributed by atoms with E-state index < -0.39 is 0 Å². The quantitative estimate of drug-likeness (QED) is 0.817. The third-order valence-electron chi connectivity index (χ3n) is 3.28. The third kappa shape index (κ3) is 2.87. The van der Waals surface area contributed by atoms with Gasteiger partial charge in [-0.05, 0) is 37.6 Å². The van der Waals surface area contributed by atoms with E-state index in [1.54, 1.807) is 7.11 Å². The van der Waals surface area contributed by atoms with Crippen LogP contribution in [-0.2, 0) is 0 Å². The maximum absolute atomic E-state index is 5.30. The molecule has 0 radical (unpaired) electrons. The van der Waals surface area contributed by atoms with E-state index in [1.807, 2.05) is 30.6 Å². The van der Waals surface area contributed by atoms with Crippen LogP contribution in [0.1, 0.15) is 13.8 Å². The van der Waals surface area contributed by atoms with E-state index in [0.717, 1.165) is 30.0 Å². The second-order valence-corrected chi connectivity index (χ2v) is 4.30. The minimum absolute atomic E-state index is 0.867. The number of nitrogens with zero attached hydrogens (tertiary/aromatic N) is 2. The van der Waals surface area contributed by atoms with Gasteiger partial charge in [0.2, 0.25) is 0 Å². The van der Waals surface area contributed by atoms with E-state index in [9.17, 15) is 0 Å². The molecule has 1 aromatic carbocycles. The molecule has 0 aliphatic carbocycles. The molecule has 0 aliphatic rings. The third-order valence-corrected chi connectivity index (χ3v) is 3.28. The number of hydrogen-bond donors (Lipinski definition) is 0. The van der Waals surface area contributed by atoms with Gasteiger partial charge in [0.1, 0.15) is 5.75 Å². The number of rotatable bonds is 5. The van der Waals surface area contributed by atoms with Crippen molar-refractivity contribution < 1.29 is 4.74 Å². The van der Waals surface area contributed by atoms with E-state index in [-0.39, 0.29) is 0 Å². The lowest BCUT2D eigenvalue weighted by Crippen LogP contribution is -2.22. The fourth-order valence-corrected chi connectivity index (χ4v) is 2.24. The van der Waals surface area contributed by atoms with Crippen molar-refractivity contribution in [1.82, 2.24) is 4.98 Å². The molecule has 3 nitrogen and oxygen atoms in total. The lowest BCUT2D eigenvalue weighted by atomic mass is 10.0. The Morgan fingerprint density at radius 2 is 1.95 bits per heavy atom. The van der Waals surface area contributed by atoms with Gasteiger partial charge in [0, 0.05) is 36.7 Å². The highest BCUT2D eigenvalue weighted by Crippen LogP contribution is 2.31. The summed E-state index contributed by atoms with van der Waals surface area (Å²) in [5.41, 5.74) is 3.49. The van der Waals surface area contributed by atoms with Crippen LogP contribution < -0.4 is 9.64 Å². The number of ether oxygens (including phenoxy) is 1. The summed E-state index contributed by atoms with van der Waals surface area (Å²) in [6.45, 7) is 6.30. The van der Waals surface area contributed by atoms with Gasteiger partial charge in [0.15, 0.2) is 0 Å². The molecule has 0 aliphatic heterocycles. The van der Waals surface area contributed by atoms with Crippen LogP contribution in [-0.4, -0.2) is 25.2 Å². The molecular formula is C16H20N2O. The Hall–Kier alpha value is -2.03. The Bertz CT molecular complexity index is 536. The zero-order valence-electron chi connectivity index (χ0n) is 11.8. The van der Waals surface area contributed by atoms with E-state index in [1.165, 1.54) is 5.69 Å². The summed E-state index contributed by atoms with van der Waals surface area (Å²) in [7, 11) is 1.69. The van der Waals surface area contributed by atoms with Crippen LogP contribution in [0.5, 0.6) is 5.75 Å². The molecule has 2 rings (SSSR count). The summed E-state index contributed by atoms with van der Waals surface area (Å²) in [5.74, 6) is 0.867. The summed E-state index contributed by atoms with van der Waals surface area (Å²) in [6.07, 6.45) is 3.76. The molecule has 2 aromatic rings. The van der Waals surface area contributed by atoms with E-state index >= 15 is 0 Å². The van der Waals surface area contributed by atoms with Crippen molar-refractivity contribution >= 4 is 5.69 Å². The Morgan fingerprint density at radius 1 is 1.16 bits per heavy atom. The number of methoxy groups -OCH3 is 1. The van der Waals surface area contributed by atoms with Crippen LogP contribution in [0.2, 0.25) is 0 Å². The van der Waals surface area contributed by atoms with Crippen LogP contribution in [0.15, 0.2) is 42.7 Å². The van der Waals surface area contributed by atoms with Crippen LogP contribution >= 0.6 is 0 Å². The monoisotopic (exact) mass is 256 g/mol. The van der Waals surface area contributed by atoms with Crippen molar-refractivity contribution in [1.29, 1.82) is 0 Å². The van der Waals surface area contributed by atoms with Crippen LogP contribution in [0.3, 0.4) is 0 Å². The van der Waals surface area contributed by atoms with E-state index in [2.05, 4.69) is 35.9 Å². The summed E-state index contributed by atoms with van der Waals surface area (Å²) < 4.78 is 5.30. The Labute approximate surface area is 114 Å². The number of pyridine rings is 1. The summed E-state index contributed by atoms with van der Waals surface area (Å²) >= 11 is 0. The Balaban J connectivity index is 2.49. The van der Waals surface area contributed by atoms with Crippen LogP contribution in [0.4, 0.5) is 5.69 Å². The molecule has 0 spiro atoms. The normalized spacial score (nSPS) is 10.3. The molecule has 0 saturated heterocycles. The second-order valence-electron chi connectivity index (χ2n) is 4.30. The van der Waals surface area contributed by atoms with Crippen molar-refractivity contribution in [3.8, 4) is 16.9 Å². The van der Waals surface area contributed by atoms with Crippen LogP contribution in [0.25, 0.3) is 11.1 Å². The minimum Gasteiger partial charge on any atom is -0.497 e. The van der Waals surface area contributed by atoms with Crippen molar-refractivity contribution in [2.45, 2.75) is 13.8 Å². The molecule has 0 atom stereocenters. The van der Waals surface area contributed by atoms with Gasteiger partial charge in [0.25, 0.3) is 0 Å². The lowest BCUT2D eigenvalue weighted by Gasteiger charge is -2.24. The first-order valence-electron chi connectivity index (χ1n) is 6.63. The molecule has 0 saturated carbocycles. The average molecular weight is 256 g/mol. The first kappa shape index (κ1) is 13.4. The fourth-order valence-electron chi connectivity index (χ4n) is 2.24. The van der Waals surface area contributed by atoms with Gasteiger partial charge in [0.05, 0.1) is 7.11 Å².